The van der Waals surface area contributed by atoms with Crippen LogP contribution in [0.3, 0.4) is 0 Å². The number of pyridine rings is 1. The highest BCUT2D eigenvalue weighted by atomic mass is 16.5. The first-order valence-corrected chi connectivity index (χ1v) is 8.51. The largest absolute Gasteiger partial charge is 0.488 e. The fourth-order valence-electron chi connectivity index (χ4n) is 3.34. The predicted octanol–water partition coefficient (Wildman–Crippen LogP) is 3.65. The number of hydrogen-bond acceptors (Lipinski definition) is 4. The summed E-state index contributed by atoms with van der Waals surface area (Å²) in [5.74, 6) is 3.09. The molecule has 0 amide bonds. The lowest BCUT2D eigenvalue weighted by Crippen LogP contribution is -2.23. The van der Waals surface area contributed by atoms with E-state index in [0.29, 0.717) is 40.3 Å². The van der Waals surface area contributed by atoms with Gasteiger partial charge in [-0.1, -0.05) is 30.2 Å². The third-order valence-corrected chi connectivity index (χ3v) is 4.58. The number of carbonyl (C=O) groups is 1. The minimum Gasteiger partial charge on any atom is -0.488 e. The van der Waals surface area contributed by atoms with E-state index in [0.717, 1.165) is 11.1 Å². The molecule has 0 saturated carbocycles. The van der Waals surface area contributed by atoms with Gasteiger partial charge in [0.25, 0.3) is 0 Å². The maximum atomic E-state index is 13.3. The van der Waals surface area contributed by atoms with Gasteiger partial charge >= 0.3 is 0 Å². The maximum Gasteiger partial charge on any atom is 0.198 e. The van der Waals surface area contributed by atoms with Gasteiger partial charge in [-0.3, -0.25) is 14.8 Å². The summed E-state index contributed by atoms with van der Waals surface area (Å²) in [7, 11) is 1.70. The van der Waals surface area contributed by atoms with Crippen LogP contribution >= 0.6 is 0 Å². The van der Waals surface area contributed by atoms with Crippen molar-refractivity contribution in [3.05, 3.63) is 94.3 Å². The lowest BCUT2D eigenvalue weighted by atomic mass is 9.81. The Morgan fingerprint density at radius 1 is 1.04 bits per heavy atom. The standard InChI is InChI=1S/C23H16N2O2/c1-3-16-6-4-8-18-20(16)22(24-2)17-7-5-9-19(21(17)23(18)26)27-14-15-10-12-25-13-11-15/h1,4-13H,14H2,2H3. The Bertz CT molecular complexity index is 1110. The topological polar surface area (TPSA) is 51.6 Å². The number of ether oxygens (including phenoxy) is 1. The molecule has 1 aliphatic carbocycles. The van der Waals surface area contributed by atoms with Crippen molar-refractivity contribution in [2.75, 3.05) is 7.05 Å². The lowest BCUT2D eigenvalue weighted by Gasteiger charge is -2.23. The van der Waals surface area contributed by atoms with Crippen molar-refractivity contribution in [1.82, 2.24) is 4.98 Å². The molecule has 0 saturated heterocycles. The molecule has 27 heavy (non-hydrogen) atoms. The zero-order chi connectivity index (χ0) is 18.8. The van der Waals surface area contributed by atoms with Crippen molar-refractivity contribution < 1.29 is 9.53 Å². The van der Waals surface area contributed by atoms with Gasteiger partial charge in [-0.05, 0) is 29.8 Å². The summed E-state index contributed by atoms with van der Waals surface area (Å²) in [6, 6.07) is 14.7. The number of terminal acetylenes is 1. The Morgan fingerprint density at radius 2 is 1.78 bits per heavy atom. The van der Waals surface area contributed by atoms with E-state index in [1.54, 1.807) is 37.6 Å². The molecule has 1 aromatic heterocycles. The van der Waals surface area contributed by atoms with E-state index < -0.39 is 0 Å². The van der Waals surface area contributed by atoms with Crippen molar-refractivity contribution >= 4 is 11.5 Å². The van der Waals surface area contributed by atoms with Gasteiger partial charge in [0, 0.05) is 41.7 Å². The smallest absolute Gasteiger partial charge is 0.198 e. The Labute approximate surface area is 157 Å². The molecule has 0 radical (unpaired) electrons. The molecule has 0 aliphatic heterocycles. The van der Waals surface area contributed by atoms with E-state index >= 15 is 0 Å². The van der Waals surface area contributed by atoms with Gasteiger partial charge < -0.3 is 4.74 Å². The van der Waals surface area contributed by atoms with Crippen molar-refractivity contribution in [3.63, 3.8) is 0 Å². The van der Waals surface area contributed by atoms with E-state index in [4.69, 9.17) is 11.2 Å². The number of ketones is 1. The summed E-state index contributed by atoms with van der Waals surface area (Å²) in [5, 5.41) is 0. The van der Waals surface area contributed by atoms with Gasteiger partial charge in [-0.2, -0.15) is 0 Å². The SMILES string of the molecule is C#Cc1cccc2c1C(=NC)c1cccc(OCc3ccncc3)c1C2=O. The minimum absolute atomic E-state index is 0.102. The quantitative estimate of drug-likeness (QED) is 0.529. The Kier molecular flexibility index (Phi) is 4.27. The van der Waals surface area contributed by atoms with E-state index in [1.165, 1.54) is 0 Å². The number of rotatable bonds is 3. The summed E-state index contributed by atoms with van der Waals surface area (Å²) >= 11 is 0. The van der Waals surface area contributed by atoms with Crippen molar-refractivity contribution in [3.8, 4) is 18.1 Å². The first kappa shape index (κ1) is 16.7. The van der Waals surface area contributed by atoms with Crippen LogP contribution in [0.15, 0.2) is 65.9 Å². The normalized spacial score (nSPS) is 13.6. The van der Waals surface area contributed by atoms with Crippen LogP contribution in [0.1, 0.15) is 38.2 Å². The van der Waals surface area contributed by atoms with E-state index in [1.807, 2.05) is 30.3 Å². The van der Waals surface area contributed by atoms with Crippen molar-refractivity contribution in [2.45, 2.75) is 6.61 Å². The van der Waals surface area contributed by atoms with Crippen LogP contribution in [0.5, 0.6) is 5.75 Å². The summed E-state index contributed by atoms with van der Waals surface area (Å²) in [5.41, 5.74) is 4.88. The Balaban J connectivity index is 1.82. The average molecular weight is 352 g/mol. The molecule has 0 atom stereocenters. The average Bonchev–Trinajstić information content (AvgIpc) is 2.73. The van der Waals surface area contributed by atoms with Crippen LogP contribution < -0.4 is 4.74 Å². The van der Waals surface area contributed by atoms with E-state index in [2.05, 4.69) is 15.9 Å². The Morgan fingerprint density at radius 3 is 2.52 bits per heavy atom. The molecule has 2 aromatic carbocycles. The highest BCUT2D eigenvalue weighted by Gasteiger charge is 2.32. The summed E-state index contributed by atoms with van der Waals surface area (Å²) in [6.45, 7) is 0.349. The second-order valence-electron chi connectivity index (χ2n) is 6.10. The summed E-state index contributed by atoms with van der Waals surface area (Å²) < 4.78 is 5.98. The van der Waals surface area contributed by atoms with E-state index in [9.17, 15) is 4.79 Å². The van der Waals surface area contributed by atoms with Crippen LogP contribution in [-0.2, 0) is 6.61 Å². The number of benzene rings is 2. The molecule has 130 valence electrons. The molecule has 4 nitrogen and oxygen atoms in total. The molecule has 0 spiro atoms. The second kappa shape index (κ2) is 6.89. The third kappa shape index (κ3) is 2.80. The van der Waals surface area contributed by atoms with Crippen LogP contribution in [0, 0.1) is 12.3 Å². The zero-order valence-electron chi connectivity index (χ0n) is 14.8. The summed E-state index contributed by atoms with van der Waals surface area (Å²) in [6.07, 6.45) is 9.08. The number of fused-ring (bicyclic) bond motifs is 2. The molecule has 0 unspecified atom stereocenters. The molecule has 4 rings (SSSR count). The fourth-order valence-corrected chi connectivity index (χ4v) is 3.34. The zero-order valence-corrected chi connectivity index (χ0v) is 14.8. The van der Waals surface area contributed by atoms with Crippen LogP contribution in [0.25, 0.3) is 0 Å². The molecule has 0 N–H and O–H groups in total. The molecular formula is C23H16N2O2. The van der Waals surface area contributed by atoms with Gasteiger partial charge in [0.05, 0.1) is 11.3 Å². The lowest BCUT2D eigenvalue weighted by molar-refractivity contribution is 0.103. The van der Waals surface area contributed by atoms with E-state index in [-0.39, 0.29) is 5.78 Å². The maximum absolute atomic E-state index is 13.3. The van der Waals surface area contributed by atoms with Gasteiger partial charge in [-0.15, -0.1) is 6.42 Å². The number of hydrogen-bond donors (Lipinski definition) is 0. The van der Waals surface area contributed by atoms with Gasteiger partial charge in [0.1, 0.15) is 12.4 Å². The number of carbonyl (C=O) groups excluding carboxylic acids is 1. The Hall–Kier alpha value is -3.71. The molecule has 0 fully saturated rings. The number of aliphatic imine (C=N–C) groups is 1. The second-order valence-corrected chi connectivity index (χ2v) is 6.10. The van der Waals surface area contributed by atoms with Crippen LogP contribution in [0.2, 0.25) is 0 Å². The van der Waals surface area contributed by atoms with Gasteiger partial charge in [-0.25, -0.2) is 0 Å². The first-order chi connectivity index (χ1) is 13.2. The summed E-state index contributed by atoms with van der Waals surface area (Å²) in [4.78, 5) is 21.7. The first-order valence-electron chi connectivity index (χ1n) is 8.51. The molecule has 1 heterocycles. The van der Waals surface area contributed by atoms with Crippen LogP contribution in [0.4, 0.5) is 0 Å². The van der Waals surface area contributed by atoms with Crippen molar-refractivity contribution in [1.29, 1.82) is 0 Å². The molecule has 4 heteroatoms. The molecule has 1 aliphatic rings. The monoisotopic (exact) mass is 352 g/mol. The van der Waals surface area contributed by atoms with Gasteiger partial charge in [0.2, 0.25) is 0 Å². The number of aromatic nitrogens is 1. The van der Waals surface area contributed by atoms with Gasteiger partial charge in [0.15, 0.2) is 5.78 Å². The predicted molar refractivity (Wildman–Crippen MR) is 104 cm³/mol. The molecular weight excluding hydrogens is 336 g/mol. The number of nitrogens with zero attached hydrogens (tertiary/aromatic N) is 2. The highest BCUT2D eigenvalue weighted by molar-refractivity contribution is 6.31. The molecule has 0 bridgehead atoms. The molecule has 3 aromatic rings. The highest BCUT2D eigenvalue weighted by Crippen LogP contribution is 2.35. The van der Waals surface area contributed by atoms with Crippen LogP contribution in [-0.4, -0.2) is 23.5 Å². The third-order valence-electron chi connectivity index (χ3n) is 4.58. The minimum atomic E-state index is -0.102. The fraction of sp³-hybridized carbons (Fsp3) is 0.0870. The van der Waals surface area contributed by atoms with Crippen molar-refractivity contribution in [2.24, 2.45) is 4.99 Å².